The number of pyridine rings is 2. The molecule has 0 aromatic carbocycles. The van der Waals surface area contributed by atoms with Crippen LogP contribution in [-0.4, -0.2) is 44.6 Å². The van der Waals surface area contributed by atoms with Crippen molar-refractivity contribution in [2.75, 3.05) is 18.8 Å². The molecule has 22 heavy (non-hydrogen) atoms. The van der Waals surface area contributed by atoms with E-state index in [0.717, 1.165) is 37.6 Å². The average molecular weight is 313 g/mol. The van der Waals surface area contributed by atoms with E-state index < -0.39 is 0 Å². The lowest BCUT2D eigenvalue weighted by Crippen LogP contribution is -2.58. The Labute approximate surface area is 134 Å². The van der Waals surface area contributed by atoms with Gasteiger partial charge in [-0.25, -0.2) is 0 Å². The fourth-order valence-electron chi connectivity index (χ4n) is 3.33. The van der Waals surface area contributed by atoms with E-state index in [-0.39, 0.29) is 0 Å². The molecule has 5 heteroatoms. The van der Waals surface area contributed by atoms with E-state index in [0.29, 0.717) is 10.9 Å². The zero-order chi connectivity index (χ0) is 14.8. The first-order chi connectivity index (χ1) is 10.8. The van der Waals surface area contributed by atoms with Gasteiger partial charge < -0.3 is 4.74 Å². The minimum Gasteiger partial charge on any atom is -0.488 e. The van der Waals surface area contributed by atoms with Crippen LogP contribution in [0, 0.1) is 0 Å². The van der Waals surface area contributed by atoms with E-state index in [1.807, 2.05) is 24.5 Å². The molecule has 4 heterocycles. The third-order valence-corrected chi connectivity index (χ3v) is 5.87. The van der Waals surface area contributed by atoms with E-state index in [1.165, 1.54) is 5.56 Å². The van der Waals surface area contributed by atoms with Crippen LogP contribution >= 0.6 is 11.8 Å². The Balaban J connectivity index is 1.29. The zero-order valence-corrected chi connectivity index (χ0v) is 13.2. The van der Waals surface area contributed by atoms with Crippen LogP contribution in [-0.2, 0) is 6.54 Å². The molecule has 0 amide bonds. The maximum Gasteiger partial charge on any atom is 0.138 e. The maximum atomic E-state index is 6.05. The van der Waals surface area contributed by atoms with Gasteiger partial charge in [0, 0.05) is 55.1 Å². The number of thioether (sulfide) groups is 1. The highest BCUT2D eigenvalue weighted by molar-refractivity contribution is 8.01. The van der Waals surface area contributed by atoms with Gasteiger partial charge in [0.05, 0.1) is 6.20 Å². The molecule has 1 unspecified atom stereocenters. The van der Waals surface area contributed by atoms with Crippen molar-refractivity contribution >= 4 is 11.8 Å². The fourth-order valence-corrected chi connectivity index (χ4v) is 4.91. The van der Waals surface area contributed by atoms with Crippen molar-refractivity contribution in [1.29, 1.82) is 0 Å². The van der Waals surface area contributed by atoms with Crippen molar-refractivity contribution in [2.45, 2.75) is 23.8 Å². The molecule has 2 saturated heterocycles. The molecule has 0 saturated carbocycles. The number of likely N-dealkylation sites (tertiary alicyclic amines) is 1. The Bertz CT molecular complexity index is 616. The molecule has 2 fully saturated rings. The molecule has 4 nitrogen and oxygen atoms in total. The molecule has 114 valence electrons. The standard InChI is InChI=1S/C17H19N3OS/c1-2-15(9-19-5-1)21-16-8-17(22-11-16)12-20(13-17)10-14-3-6-18-7-4-14/h1-7,9,16H,8,10-13H2. The second-order valence-corrected chi connectivity index (χ2v) is 7.62. The minimum atomic E-state index is 0.317. The van der Waals surface area contributed by atoms with Gasteiger partial charge in [0.2, 0.25) is 0 Å². The van der Waals surface area contributed by atoms with Crippen LogP contribution in [0.4, 0.5) is 0 Å². The molecule has 2 aromatic heterocycles. The van der Waals surface area contributed by atoms with Crippen LogP contribution in [0.5, 0.6) is 5.75 Å². The van der Waals surface area contributed by atoms with Gasteiger partial charge in [-0.15, -0.1) is 11.8 Å². The Kier molecular flexibility index (Phi) is 3.76. The summed E-state index contributed by atoms with van der Waals surface area (Å²) in [4.78, 5) is 10.7. The summed E-state index contributed by atoms with van der Waals surface area (Å²) in [7, 11) is 0. The van der Waals surface area contributed by atoms with Crippen molar-refractivity contribution in [1.82, 2.24) is 14.9 Å². The third-order valence-electron chi connectivity index (χ3n) is 4.29. The topological polar surface area (TPSA) is 38.2 Å². The molecule has 2 aliphatic heterocycles. The largest absolute Gasteiger partial charge is 0.488 e. The SMILES string of the molecule is c1cncc(OC2CSC3(C2)CN(Cc2ccncc2)C3)c1. The quantitative estimate of drug-likeness (QED) is 0.867. The Hall–Kier alpha value is -1.59. The number of hydrogen-bond donors (Lipinski definition) is 0. The molecule has 0 radical (unpaired) electrons. The fraction of sp³-hybridized carbons (Fsp3) is 0.412. The molecule has 2 aliphatic rings. The van der Waals surface area contributed by atoms with Gasteiger partial charge in [-0.1, -0.05) is 0 Å². The van der Waals surface area contributed by atoms with Crippen molar-refractivity contribution in [2.24, 2.45) is 0 Å². The summed E-state index contributed by atoms with van der Waals surface area (Å²) in [5.74, 6) is 1.97. The molecule has 1 atom stereocenters. The van der Waals surface area contributed by atoms with Gasteiger partial charge in [-0.05, 0) is 29.8 Å². The van der Waals surface area contributed by atoms with E-state index in [2.05, 4.69) is 38.8 Å². The number of hydrogen-bond acceptors (Lipinski definition) is 5. The minimum absolute atomic E-state index is 0.317. The first-order valence-electron chi connectivity index (χ1n) is 7.63. The normalized spacial score (nSPS) is 23.4. The van der Waals surface area contributed by atoms with Crippen LogP contribution < -0.4 is 4.74 Å². The summed E-state index contributed by atoms with van der Waals surface area (Å²) in [5.41, 5.74) is 1.34. The van der Waals surface area contributed by atoms with E-state index in [9.17, 15) is 0 Å². The lowest BCUT2D eigenvalue weighted by molar-refractivity contribution is 0.0920. The number of aromatic nitrogens is 2. The average Bonchev–Trinajstić information content (AvgIpc) is 2.93. The van der Waals surface area contributed by atoms with Crippen molar-refractivity contribution < 1.29 is 4.74 Å². The molecule has 4 rings (SSSR count). The third kappa shape index (κ3) is 2.96. The highest BCUT2D eigenvalue weighted by Crippen LogP contribution is 2.46. The Morgan fingerprint density at radius 2 is 2.05 bits per heavy atom. The monoisotopic (exact) mass is 313 g/mol. The van der Waals surface area contributed by atoms with Crippen LogP contribution in [0.2, 0.25) is 0 Å². The van der Waals surface area contributed by atoms with Crippen molar-refractivity contribution in [3.63, 3.8) is 0 Å². The summed E-state index contributed by atoms with van der Waals surface area (Å²) in [6.07, 6.45) is 8.77. The first-order valence-corrected chi connectivity index (χ1v) is 8.62. The molecule has 1 spiro atoms. The van der Waals surface area contributed by atoms with Gasteiger partial charge >= 0.3 is 0 Å². The molecule has 2 aromatic rings. The van der Waals surface area contributed by atoms with Gasteiger partial charge in [0.1, 0.15) is 11.9 Å². The van der Waals surface area contributed by atoms with Gasteiger partial charge in [0.15, 0.2) is 0 Å². The Morgan fingerprint density at radius 3 is 2.82 bits per heavy atom. The van der Waals surface area contributed by atoms with Crippen LogP contribution in [0.25, 0.3) is 0 Å². The predicted molar refractivity (Wildman–Crippen MR) is 88.0 cm³/mol. The second-order valence-electron chi connectivity index (χ2n) is 6.13. The number of rotatable bonds is 4. The summed E-state index contributed by atoms with van der Waals surface area (Å²) in [6, 6.07) is 8.11. The zero-order valence-electron chi connectivity index (χ0n) is 12.4. The van der Waals surface area contributed by atoms with Crippen molar-refractivity contribution in [3.8, 4) is 5.75 Å². The summed E-state index contributed by atoms with van der Waals surface area (Å²) < 4.78 is 6.45. The summed E-state index contributed by atoms with van der Waals surface area (Å²) in [5, 5.41) is 0. The van der Waals surface area contributed by atoms with E-state index in [4.69, 9.17) is 4.74 Å². The molecule has 0 aliphatic carbocycles. The molecular weight excluding hydrogens is 294 g/mol. The lowest BCUT2D eigenvalue weighted by Gasteiger charge is -2.47. The van der Waals surface area contributed by atoms with Gasteiger partial charge in [-0.3, -0.25) is 14.9 Å². The number of nitrogens with zero attached hydrogens (tertiary/aromatic N) is 3. The molecular formula is C17H19N3OS. The van der Waals surface area contributed by atoms with Crippen LogP contribution in [0.1, 0.15) is 12.0 Å². The van der Waals surface area contributed by atoms with Crippen LogP contribution in [0.15, 0.2) is 49.1 Å². The molecule has 0 bridgehead atoms. The number of ether oxygens (including phenoxy) is 1. The predicted octanol–water partition coefficient (Wildman–Crippen LogP) is 2.62. The second kappa shape index (κ2) is 5.89. The van der Waals surface area contributed by atoms with Gasteiger partial charge in [-0.2, -0.15) is 0 Å². The highest BCUT2D eigenvalue weighted by atomic mass is 32.2. The van der Waals surface area contributed by atoms with Crippen molar-refractivity contribution in [3.05, 3.63) is 54.6 Å². The van der Waals surface area contributed by atoms with E-state index >= 15 is 0 Å². The smallest absolute Gasteiger partial charge is 0.138 e. The first kappa shape index (κ1) is 14.0. The molecule has 0 N–H and O–H groups in total. The van der Waals surface area contributed by atoms with Gasteiger partial charge in [0.25, 0.3) is 0 Å². The lowest BCUT2D eigenvalue weighted by atomic mass is 9.92. The Morgan fingerprint density at radius 1 is 1.18 bits per heavy atom. The van der Waals surface area contributed by atoms with Crippen LogP contribution in [0.3, 0.4) is 0 Å². The highest BCUT2D eigenvalue weighted by Gasteiger charge is 2.49. The van der Waals surface area contributed by atoms with E-state index in [1.54, 1.807) is 12.4 Å². The maximum absolute atomic E-state index is 6.05. The summed E-state index contributed by atoms with van der Waals surface area (Å²) in [6.45, 7) is 3.35. The summed E-state index contributed by atoms with van der Waals surface area (Å²) >= 11 is 2.07.